The van der Waals surface area contributed by atoms with Crippen LogP contribution in [0.15, 0.2) is 12.1 Å². The minimum Gasteiger partial charge on any atom is -0.486 e. The predicted octanol–water partition coefficient (Wildman–Crippen LogP) is 2.08. The number of hydrogen-bond donors (Lipinski definition) is 1. The number of hydrogen-bond acceptors (Lipinski definition) is 3. The fourth-order valence-corrected chi connectivity index (χ4v) is 1.93. The summed E-state index contributed by atoms with van der Waals surface area (Å²) in [4.78, 5) is 0. The molecule has 0 fully saturated rings. The molecule has 1 aliphatic heterocycles. The molecule has 0 radical (unpaired) electrons. The summed E-state index contributed by atoms with van der Waals surface area (Å²) >= 11 is 0. The number of aliphatic hydroxyl groups is 1. The van der Waals surface area contributed by atoms with E-state index in [1.165, 1.54) is 11.1 Å². The molecule has 16 heavy (non-hydrogen) atoms. The summed E-state index contributed by atoms with van der Waals surface area (Å²) in [6.45, 7) is 3.62. The van der Waals surface area contributed by atoms with Crippen molar-refractivity contribution in [2.24, 2.45) is 0 Å². The first kappa shape index (κ1) is 11.3. The lowest BCUT2D eigenvalue weighted by Gasteiger charge is -2.20. The fourth-order valence-electron chi connectivity index (χ4n) is 1.93. The highest BCUT2D eigenvalue weighted by molar-refractivity contribution is 5.47. The number of aliphatic hydroxyl groups excluding tert-OH is 1. The molecule has 1 heterocycles. The molecular weight excluding hydrogens is 204 g/mol. The molecule has 3 heteroatoms. The van der Waals surface area contributed by atoms with Crippen molar-refractivity contribution in [3.05, 3.63) is 23.3 Å². The molecule has 0 saturated heterocycles. The van der Waals surface area contributed by atoms with Gasteiger partial charge in [0.2, 0.25) is 0 Å². The van der Waals surface area contributed by atoms with Gasteiger partial charge in [-0.05, 0) is 49.4 Å². The Kier molecular flexibility index (Phi) is 3.67. The molecule has 1 aromatic carbocycles. The summed E-state index contributed by atoms with van der Waals surface area (Å²) in [6.07, 6.45) is 2.86. The van der Waals surface area contributed by atoms with Gasteiger partial charge in [0.1, 0.15) is 13.2 Å². The van der Waals surface area contributed by atoms with E-state index < -0.39 is 0 Å². The van der Waals surface area contributed by atoms with E-state index in [0.717, 1.165) is 30.8 Å². The van der Waals surface area contributed by atoms with Crippen LogP contribution >= 0.6 is 0 Å². The SMILES string of the molecule is Cc1cc2c(cc1CCCCO)OCCO2. The summed E-state index contributed by atoms with van der Waals surface area (Å²) in [5.74, 6) is 1.71. The van der Waals surface area contributed by atoms with Crippen molar-refractivity contribution in [2.45, 2.75) is 26.2 Å². The van der Waals surface area contributed by atoms with Gasteiger partial charge in [0.15, 0.2) is 11.5 Å². The maximum absolute atomic E-state index is 8.76. The first-order valence-corrected chi connectivity index (χ1v) is 5.81. The molecule has 88 valence electrons. The molecule has 2 rings (SSSR count). The van der Waals surface area contributed by atoms with Crippen LogP contribution in [-0.4, -0.2) is 24.9 Å². The largest absolute Gasteiger partial charge is 0.486 e. The Morgan fingerprint density at radius 1 is 1.12 bits per heavy atom. The second kappa shape index (κ2) is 5.21. The number of rotatable bonds is 4. The molecule has 0 atom stereocenters. The van der Waals surface area contributed by atoms with E-state index in [1.807, 2.05) is 6.07 Å². The summed E-state index contributed by atoms with van der Waals surface area (Å²) in [7, 11) is 0. The highest BCUT2D eigenvalue weighted by atomic mass is 16.6. The van der Waals surface area contributed by atoms with E-state index in [9.17, 15) is 0 Å². The lowest BCUT2D eigenvalue weighted by molar-refractivity contribution is 0.171. The Hall–Kier alpha value is -1.22. The minimum absolute atomic E-state index is 0.267. The van der Waals surface area contributed by atoms with Gasteiger partial charge in [0, 0.05) is 6.61 Å². The zero-order valence-electron chi connectivity index (χ0n) is 9.66. The molecule has 0 amide bonds. The van der Waals surface area contributed by atoms with Gasteiger partial charge in [-0.25, -0.2) is 0 Å². The number of benzene rings is 1. The van der Waals surface area contributed by atoms with Crippen molar-refractivity contribution in [1.29, 1.82) is 0 Å². The number of ether oxygens (including phenoxy) is 2. The van der Waals surface area contributed by atoms with Crippen LogP contribution in [-0.2, 0) is 6.42 Å². The number of unbranched alkanes of at least 4 members (excludes halogenated alkanes) is 1. The average Bonchev–Trinajstić information content (AvgIpc) is 2.30. The van der Waals surface area contributed by atoms with Gasteiger partial charge >= 0.3 is 0 Å². The van der Waals surface area contributed by atoms with Gasteiger partial charge in [-0.15, -0.1) is 0 Å². The fraction of sp³-hybridized carbons (Fsp3) is 0.538. The molecule has 3 nitrogen and oxygen atoms in total. The van der Waals surface area contributed by atoms with E-state index in [-0.39, 0.29) is 6.61 Å². The maximum Gasteiger partial charge on any atom is 0.161 e. The standard InChI is InChI=1S/C13H18O3/c1-10-8-12-13(16-7-6-15-12)9-11(10)4-2-3-5-14/h8-9,14H,2-7H2,1H3. The second-order valence-corrected chi connectivity index (χ2v) is 4.10. The van der Waals surface area contributed by atoms with Gasteiger partial charge in [0.05, 0.1) is 0 Å². The van der Waals surface area contributed by atoms with Crippen LogP contribution < -0.4 is 9.47 Å². The third-order valence-electron chi connectivity index (χ3n) is 2.85. The van der Waals surface area contributed by atoms with E-state index in [2.05, 4.69) is 13.0 Å². The van der Waals surface area contributed by atoms with E-state index in [0.29, 0.717) is 13.2 Å². The van der Waals surface area contributed by atoms with Crippen LogP contribution in [0, 0.1) is 6.92 Å². The van der Waals surface area contributed by atoms with Gasteiger partial charge in [-0.3, -0.25) is 0 Å². The van der Waals surface area contributed by atoms with Crippen LogP contribution in [0.4, 0.5) is 0 Å². The normalized spacial score (nSPS) is 13.9. The highest BCUT2D eigenvalue weighted by Crippen LogP contribution is 2.33. The molecule has 0 spiro atoms. The topological polar surface area (TPSA) is 38.7 Å². The molecule has 0 unspecified atom stereocenters. The van der Waals surface area contributed by atoms with Crippen molar-refractivity contribution >= 4 is 0 Å². The summed E-state index contributed by atoms with van der Waals surface area (Å²) in [5.41, 5.74) is 2.53. The minimum atomic E-state index is 0.267. The van der Waals surface area contributed by atoms with Gasteiger partial charge in [0.25, 0.3) is 0 Å². The summed E-state index contributed by atoms with van der Waals surface area (Å²) in [5, 5.41) is 8.76. The van der Waals surface area contributed by atoms with Crippen LogP contribution in [0.5, 0.6) is 11.5 Å². The van der Waals surface area contributed by atoms with Gasteiger partial charge in [-0.1, -0.05) is 0 Å². The molecule has 1 aromatic rings. The Labute approximate surface area is 96.0 Å². The van der Waals surface area contributed by atoms with Crippen molar-refractivity contribution in [2.75, 3.05) is 19.8 Å². The quantitative estimate of drug-likeness (QED) is 0.793. The van der Waals surface area contributed by atoms with Gasteiger partial charge in [-0.2, -0.15) is 0 Å². The zero-order chi connectivity index (χ0) is 11.4. The molecule has 1 N–H and O–H groups in total. The Balaban J connectivity index is 2.12. The maximum atomic E-state index is 8.76. The Morgan fingerprint density at radius 3 is 2.50 bits per heavy atom. The molecule has 0 aromatic heterocycles. The van der Waals surface area contributed by atoms with E-state index in [4.69, 9.17) is 14.6 Å². The average molecular weight is 222 g/mol. The van der Waals surface area contributed by atoms with E-state index in [1.54, 1.807) is 0 Å². The Morgan fingerprint density at radius 2 is 1.81 bits per heavy atom. The molecular formula is C13H18O3. The van der Waals surface area contributed by atoms with Crippen molar-refractivity contribution in [1.82, 2.24) is 0 Å². The van der Waals surface area contributed by atoms with Crippen molar-refractivity contribution in [3.8, 4) is 11.5 Å². The third kappa shape index (κ3) is 2.47. The van der Waals surface area contributed by atoms with Crippen molar-refractivity contribution < 1.29 is 14.6 Å². The van der Waals surface area contributed by atoms with Gasteiger partial charge < -0.3 is 14.6 Å². The van der Waals surface area contributed by atoms with Crippen LogP contribution in [0.2, 0.25) is 0 Å². The summed E-state index contributed by atoms with van der Waals surface area (Å²) < 4.78 is 11.1. The first-order chi connectivity index (χ1) is 7.81. The predicted molar refractivity (Wildman–Crippen MR) is 62.2 cm³/mol. The van der Waals surface area contributed by atoms with Crippen molar-refractivity contribution in [3.63, 3.8) is 0 Å². The third-order valence-corrected chi connectivity index (χ3v) is 2.85. The molecule has 0 bridgehead atoms. The molecule has 0 aliphatic carbocycles. The lowest BCUT2D eigenvalue weighted by Crippen LogP contribution is -2.15. The van der Waals surface area contributed by atoms with Crippen LogP contribution in [0.25, 0.3) is 0 Å². The molecule has 0 saturated carbocycles. The first-order valence-electron chi connectivity index (χ1n) is 5.81. The number of fused-ring (bicyclic) bond motifs is 1. The highest BCUT2D eigenvalue weighted by Gasteiger charge is 2.13. The zero-order valence-corrected chi connectivity index (χ0v) is 9.66. The molecule has 1 aliphatic rings. The monoisotopic (exact) mass is 222 g/mol. The van der Waals surface area contributed by atoms with Crippen LogP contribution in [0.1, 0.15) is 24.0 Å². The smallest absolute Gasteiger partial charge is 0.161 e. The van der Waals surface area contributed by atoms with Crippen LogP contribution in [0.3, 0.4) is 0 Å². The Bertz CT molecular complexity index is 360. The lowest BCUT2D eigenvalue weighted by atomic mass is 10.0. The summed E-state index contributed by atoms with van der Waals surface area (Å²) in [6, 6.07) is 4.12. The number of aryl methyl sites for hydroxylation is 2. The van der Waals surface area contributed by atoms with E-state index >= 15 is 0 Å². The second-order valence-electron chi connectivity index (χ2n) is 4.10.